The largest absolute Gasteiger partial charge is 0.314 e. The lowest BCUT2D eigenvalue weighted by molar-refractivity contribution is 0.200. The molecule has 0 saturated heterocycles. The summed E-state index contributed by atoms with van der Waals surface area (Å²) in [5.41, 5.74) is 1.25. The Kier molecular flexibility index (Phi) is 5.65. The molecule has 0 radical (unpaired) electrons. The van der Waals surface area contributed by atoms with Crippen LogP contribution in [0.25, 0.3) is 0 Å². The minimum atomic E-state index is 0.650. The molecule has 1 aliphatic carbocycles. The van der Waals surface area contributed by atoms with E-state index in [-0.39, 0.29) is 0 Å². The fourth-order valence-corrected chi connectivity index (χ4v) is 3.54. The third kappa shape index (κ3) is 3.93. The van der Waals surface area contributed by atoms with Gasteiger partial charge < -0.3 is 5.32 Å². The maximum absolute atomic E-state index is 6.26. The van der Waals surface area contributed by atoms with Crippen LogP contribution >= 0.6 is 11.6 Å². The SMILES string of the molecule is CCNC1CCC(CC)CC1Cc1ccncc1Cl. The average molecular weight is 281 g/mol. The van der Waals surface area contributed by atoms with E-state index >= 15 is 0 Å². The Morgan fingerprint density at radius 2 is 2.21 bits per heavy atom. The lowest BCUT2D eigenvalue weighted by atomic mass is 9.74. The van der Waals surface area contributed by atoms with Gasteiger partial charge in [-0.1, -0.05) is 31.9 Å². The molecule has 1 aromatic rings. The Morgan fingerprint density at radius 1 is 1.37 bits per heavy atom. The molecule has 1 aliphatic rings. The Bertz CT molecular complexity index is 394. The van der Waals surface area contributed by atoms with Crippen LogP contribution in [0.4, 0.5) is 0 Å². The van der Waals surface area contributed by atoms with Gasteiger partial charge in [-0.25, -0.2) is 0 Å². The van der Waals surface area contributed by atoms with Crippen molar-refractivity contribution in [2.45, 2.75) is 52.0 Å². The van der Waals surface area contributed by atoms with Crippen molar-refractivity contribution in [3.63, 3.8) is 0 Å². The van der Waals surface area contributed by atoms with Gasteiger partial charge in [0.2, 0.25) is 0 Å². The van der Waals surface area contributed by atoms with E-state index in [4.69, 9.17) is 11.6 Å². The monoisotopic (exact) mass is 280 g/mol. The average Bonchev–Trinajstić information content (AvgIpc) is 2.43. The molecular weight excluding hydrogens is 256 g/mol. The second kappa shape index (κ2) is 7.25. The number of hydrogen-bond donors (Lipinski definition) is 1. The molecule has 0 spiro atoms. The Balaban J connectivity index is 2.07. The van der Waals surface area contributed by atoms with Crippen LogP contribution in [-0.2, 0) is 6.42 Å². The quantitative estimate of drug-likeness (QED) is 0.879. The van der Waals surface area contributed by atoms with Crippen molar-refractivity contribution in [1.29, 1.82) is 0 Å². The molecule has 0 aliphatic heterocycles. The highest BCUT2D eigenvalue weighted by Crippen LogP contribution is 2.34. The first-order valence-electron chi connectivity index (χ1n) is 7.56. The summed E-state index contributed by atoms with van der Waals surface area (Å²) in [5, 5.41) is 4.48. The number of rotatable bonds is 5. The molecule has 3 atom stereocenters. The van der Waals surface area contributed by atoms with Gasteiger partial charge in [-0.05, 0) is 55.7 Å². The highest BCUT2D eigenvalue weighted by Gasteiger charge is 2.29. The van der Waals surface area contributed by atoms with E-state index in [1.165, 1.54) is 31.2 Å². The van der Waals surface area contributed by atoms with E-state index in [1.54, 1.807) is 6.20 Å². The third-order valence-electron chi connectivity index (χ3n) is 4.47. The standard InChI is InChI=1S/C16H25ClN2/c1-3-12-5-6-16(19-4-2)14(9-12)10-13-7-8-18-11-15(13)17/h7-8,11-12,14,16,19H,3-6,9-10H2,1-2H3. The maximum atomic E-state index is 6.26. The first-order chi connectivity index (χ1) is 9.24. The van der Waals surface area contributed by atoms with E-state index in [2.05, 4.69) is 30.2 Å². The molecule has 1 heterocycles. The van der Waals surface area contributed by atoms with Crippen molar-refractivity contribution < 1.29 is 0 Å². The van der Waals surface area contributed by atoms with E-state index in [9.17, 15) is 0 Å². The lowest BCUT2D eigenvalue weighted by Crippen LogP contribution is -2.41. The zero-order valence-corrected chi connectivity index (χ0v) is 12.8. The van der Waals surface area contributed by atoms with Crippen LogP contribution in [0.5, 0.6) is 0 Å². The molecule has 1 fully saturated rings. The van der Waals surface area contributed by atoms with Crippen LogP contribution in [0.3, 0.4) is 0 Å². The first kappa shape index (κ1) is 14.8. The summed E-state index contributed by atoms with van der Waals surface area (Å²) < 4.78 is 0. The van der Waals surface area contributed by atoms with E-state index in [0.29, 0.717) is 12.0 Å². The van der Waals surface area contributed by atoms with Crippen molar-refractivity contribution in [3.8, 4) is 0 Å². The molecule has 0 bridgehead atoms. The van der Waals surface area contributed by atoms with Gasteiger partial charge in [0.05, 0.1) is 5.02 Å². The van der Waals surface area contributed by atoms with E-state index in [1.807, 2.05) is 6.20 Å². The molecule has 0 aromatic carbocycles. The van der Waals surface area contributed by atoms with E-state index in [0.717, 1.165) is 23.9 Å². The Morgan fingerprint density at radius 3 is 2.89 bits per heavy atom. The maximum Gasteiger partial charge on any atom is 0.0621 e. The number of hydrogen-bond acceptors (Lipinski definition) is 2. The van der Waals surface area contributed by atoms with Gasteiger partial charge >= 0.3 is 0 Å². The van der Waals surface area contributed by atoms with Crippen molar-refractivity contribution in [2.24, 2.45) is 11.8 Å². The van der Waals surface area contributed by atoms with Crippen LogP contribution in [-0.4, -0.2) is 17.6 Å². The molecule has 106 valence electrons. The van der Waals surface area contributed by atoms with E-state index < -0.39 is 0 Å². The number of halogens is 1. The second-order valence-electron chi connectivity index (χ2n) is 5.68. The molecule has 0 amide bonds. The molecule has 2 rings (SSSR count). The third-order valence-corrected chi connectivity index (χ3v) is 4.81. The summed E-state index contributed by atoms with van der Waals surface area (Å²) in [6.07, 6.45) is 10.00. The molecule has 3 heteroatoms. The molecule has 1 N–H and O–H groups in total. The molecular formula is C16H25ClN2. The first-order valence-corrected chi connectivity index (χ1v) is 7.94. The molecule has 19 heavy (non-hydrogen) atoms. The fraction of sp³-hybridized carbons (Fsp3) is 0.688. The topological polar surface area (TPSA) is 24.9 Å². The predicted molar refractivity (Wildman–Crippen MR) is 81.5 cm³/mol. The van der Waals surface area contributed by atoms with Crippen molar-refractivity contribution in [1.82, 2.24) is 10.3 Å². The fourth-order valence-electron chi connectivity index (χ4n) is 3.34. The smallest absolute Gasteiger partial charge is 0.0621 e. The summed E-state index contributed by atoms with van der Waals surface area (Å²) in [4.78, 5) is 4.08. The summed E-state index contributed by atoms with van der Waals surface area (Å²) in [6.45, 7) is 5.57. The van der Waals surface area contributed by atoms with Crippen LogP contribution in [0.1, 0.15) is 45.1 Å². The lowest BCUT2D eigenvalue weighted by Gasteiger charge is -2.36. The van der Waals surface area contributed by atoms with Crippen LogP contribution < -0.4 is 5.32 Å². The number of nitrogens with zero attached hydrogens (tertiary/aromatic N) is 1. The van der Waals surface area contributed by atoms with Gasteiger partial charge in [0.1, 0.15) is 0 Å². The summed E-state index contributed by atoms with van der Waals surface area (Å²) in [7, 11) is 0. The van der Waals surface area contributed by atoms with Crippen LogP contribution in [0, 0.1) is 11.8 Å². The van der Waals surface area contributed by atoms with Gasteiger partial charge in [0.25, 0.3) is 0 Å². The Hall–Kier alpha value is -0.600. The van der Waals surface area contributed by atoms with Gasteiger partial charge in [-0.2, -0.15) is 0 Å². The molecule has 1 saturated carbocycles. The summed E-state index contributed by atoms with van der Waals surface area (Å²) in [5.74, 6) is 1.60. The Labute approximate surface area is 122 Å². The number of pyridine rings is 1. The van der Waals surface area contributed by atoms with Gasteiger partial charge in [0, 0.05) is 18.4 Å². The zero-order valence-electron chi connectivity index (χ0n) is 12.0. The van der Waals surface area contributed by atoms with Crippen LogP contribution in [0.15, 0.2) is 18.5 Å². The molecule has 2 nitrogen and oxygen atoms in total. The molecule has 1 aromatic heterocycles. The minimum absolute atomic E-state index is 0.650. The van der Waals surface area contributed by atoms with Crippen molar-refractivity contribution in [2.75, 3.05) is 6.54 Å². The van der Waals surface area contributed by atoms with Crippen molar-refractivity contribution >= 4 is 11.6 Å². The summed E-state index contributed by atoms with van der Waals surface area (Å²) >= 11 is 6.26. The highest BCUT2D eigenvalue weighted by molar-refractivity contribution is 6.31. The van der Waals surface area contributed by atoms with Gasteiger partial charge in [0.15, 0.2) is 0 Å². The summed E-state index contributed by atoms with van der Waals surface area (Å²) in [6, 6.07) is 2.72. The predicted octanol–water partition coefficient (Wildman–Crippen LogP) is 4.08. The van der Waals surface area contributed by atoms with Crippen molar-refractivity contribution in [3.05, 3.63) is 29.0 Å². The zero-order chi connectivity index (χ0) is 13.7. The highest BCUT2D eigenvalue weighted by atomic mass is 35.5. The molecule has 3 unspecified atom stereocenters. The van der Waals surface area contributed by atoms with Gasteiger partial charge in [-0.15, -0.1) is 0 Å². The van der Waals surface area contributed by atoms with Crippen LogP contribution in [0.2, 0.25) is 5.02 Å². The van der Waals surface area contributed by atoms with Gasteiger partial charge in [-0.3, -0.25) is 4.98 Å². The number of nitrogens with one attached hydrogen (secondary N) is 1. The second-order valence-corrected chi connectivity index (χ2v) is 6.09. The normalized spacial score (nSPS) is 27.4. The minimum Gasteiger partial charge on any atom is -0.314 e. The number of aromatic nitrogens is 1.